The van der Waals surface area contributed by atoms with Crippen LogP contribution in [0.5, 0.6) is 0 Å². The summed E-state index contributed by atoms with van der Waals surface area (Å²) in [5.74, 6) is 0.265. The molecule has 0 radical (unpaired) electrons. The summed E-state index contributed by atoms with van der Waals surface area (Å²) in [7, 11) is 0. The Hall–Kier alpha value is -2.68. The second kappa shape index (κ2) is 10.4. The minimum Gasteiger partial charge on any atom is -0.393 e. The first-order valence-electron chi connectivity index (χ1n) is 10.7. The molecule has 2 nitrogen and oxygen atoms in total. The molecule has 0 fully saturated rings. The van der Waals surface area contributed by atoms with E-state index in [1.54, 1.807) is 0 Å². The highest BCUT2D eigenvalue weighted by molar-refractivity contribution is 5.47. The molecule has 0 heterocycles. The highest BCUT2D eigenvalue weighted by Gasteiger charge is 2.38. The molecule has 0 bridgehead atoms. The molecule has 0 unspecified atom stereocenters. The molecule has 0 aliphatic carbocycles. The van der Waals surface area contributed by atoms with E-state index in [4.69, 9.17) is 4.74 Å². The Bertz CT molecular complexity index is 791. The van der Waals surface area contributed by atoms with Crippen LogP contribution in [-0.4, -0.2) is 17.8 Å². The molecule has 0 aliphatic rings. The van der Waals surface area contributed by atoms with Crippen LogP contribution in [0.3, 0.4) is 0 Å². The van der Waals surface area contributed by atoms with E-state index in [9.17, 15) is 5.11 Å². The molecule has 0 saturated carbocycles. The second-order valence-corrected chi connectivity index (χ2v) is 7.97. The molecular weight excluding hydrogens is 368 g/mol. The van der Waals surface area contributed by atoms with Gasteiger partial charge in [-0.15, -0.1) is 6.58 Å². The van der Waals surface area contributed by atoms with Crippen molar-refractivity contribution in [3.05, 3.63) is 120 Å². The minimum atomic E-state index is -0.735. The van der Waals surface area contributed by atoms with Gasteiger partial charge in [-0.25, -0.2) is 0 Å². The van der Waals surface area contributed by atoms with Crippen LogP contribution < -0.4 is 0 Å². The summed E-state index contributed by atoms with van der Waals surface area (Å²) >= 11 is 0. The Balaban J connectivity index is 2.12. The van der Waals surface area contributed by atoms with Gasteiger partial charge in [0.25, 0.3) is 0 Å². The lowest BCUT2D eigenvalue weighted by atomic mass is 9.79. The van der Waals surface area contributed by atoms with Crippen LogP contribution >= 0.6 is 0 Å². The van der Waals surface area contributed by atoms with E-state index < -0.39 is 11.7 Å². The Morgan fingerprint density at radius 1 is 0.800 bits per heavy atom. The molecule has 0 saturated heterocycles. The summed E-state index contributed by atoms with van der Waals surface area (Å²) < 4.78 is 6.92. The number of aliphatic hydroxyl groups excluding tert-OH is 1. The van der Waals surface area contributed by atoms with Crippen LogP contribution in [0.4, 0.5) is 0 Å². The molecule has 1 N–H and O–H groups in total. The van der Waals surface area contributed by atoms with E-state index in [2.05, 4.69) is 86.3 Å². The average Bonchev–Trinajstić information content (AvgIpc) is 2.80. The van der Waals surface area contributed by atoms with Crippen molar-refractivity contribution < 1.29 is 9.84 Å². The first kappa shape index (κ1) is 22.0. The highest BCUT2D eigenvalue weighted by Crippen LogP contribution is 2.41. The molecule has 0 spiro atoms. The molecule has 156 valence electrons. The summed E-state index contributed by atoms with van der Waals surface area (Å²) in [6, 6.07) is 31.2. The van der Waals surface area contributed by atoms with E-state index >= 15 is 0 Å². The van der Waals surface area contributed by atoms with E-state index in [1.165, 1.54) is 0 Å². The number of benzene rings is 3. The van der Waals surface area contributed by atoms with Gasteiger partial charge in [0.15, 0.2) is 0 Å². The van der Waals surface area contributed by atoms with Crippen molar-refractivity contribution in [2.24, 2.45) is 11.8 Å². The van der Waals surface area contributed by atoms with Gasteiger partial charge in [0, 0.05) is 0 Å². The zero-order valence-corrected chi connectivity index (χ0v) is 17.9. The summed E-state index contributed by atoms with van der Waals surface area (Å²) in [5, 5.41) is 10.2. The lowest BCUT2D eigenvalue weighted by molar-refractivity contribution is -0.0315. The fraction of sp³-hybridized carbons (Fsp3) is 0.286. The van der Waals surface area contributed by atoms with Gasteiger partial charge in [-0.3, -0.25) is 0 Å². The van der Waals surface area contributed by atoms with E-state index in [1.807, 2.05) is 31.2 Å². The number of aliphatic hydroxyl groups is 1. The van der Waals surface area contributed by atoms with E-state index in [0.717, 1.165) is 23.1 Å². The summed E-state index contributed by atoms with van der Waals surface area (Å²) in [6.45, 7) is 8.36. The van der Waals surface area contributed by atoms with Crippen LogP contribution in [0, 0.1) is 11.8 Å². The van der Waals surface area contributed by atoms with Crippen LogP contribution in [0.1, 0.15) is 37.0 Å². The summed E-state index contributed by atoms with van der Waals surface area (Å²) in [4.78, 5) is 0. The number of hydrogen-bond acceptors (Lipinski definition) is 2. The minimum absolute atomic E-state index is 0.100. The maximum Gasteiger partial charge on any atom is 0.143 e. The molecule has 3 aromatic carbocycles. The summed E-state index contributed by atoms with van der Waals surface area (Å²) in [6.07, 6.45) is 2.31. The maximum absolute atomic E-state index is 10.2. The zero-order valence-electron chi connectivity index (χ0n) is 17.9. The van der Waals surface area contributed by atoms with Crippen molar-refractivity contribution in [2.75, 3.05) is 6.61 Å². The van der Waals surface area contributed by atoms with E-state index in [0.29, 0.717) is 6.61 Å². The van der Waals surface area contributed by atoms with Gasteiger partial charge in [0.2, 0.25) is 0 Å². The lowest BCUT2D eigenvalue weighted by Crippen LogP contribution is -2.36. The third-order valence-electron chi connectivity index (χ3n) is 6.03. The third kappa shape index (κ3) is 4.72. The number of allylic oxidation sites excluding steroid dienone is 1. The second-order valence-electron chi connectivity index (χ2n) is 7.97. The van der Waals surface area contributed by atoms with Crippen molar-refractivity contribution >= 4 is 0 Å². The van der Waals surface area contributed by atoms with Gasteiger partial charge in [-0.1, -0.05) is 104 Å². The van der Waals surface area contributed by atoms with Crippen LogP contribution in [0.15, 0.2) is 104 Å². The quantitative estimate of drug-likeness (QED) is 0.324. The fourth-order valence-electron chi connectivity index (χ4n) is 4.04. The van der Waals surface area contributed by atoms with Crippen molar-refractivity contribution in [2.45, 2.75) is 32.0 Å². The monoisotopic (exact) mass is 400 g/mol. The Kier molecular flexibility index (Phi) is 7.62. The Morgan fingerprint density at radius 3 is 1.53 bits per heavy atom. The van der Waals surface area contributed by atoms with Gasteiger partial charge >= 0.3 is 0 Å². The number of hydrogen-bond donors (Lipinski definition) is 1. The number of rotatable bonds is 10. The van der Waals surface area contributed by atoms with Crippen molar-refractivity contribution in [3.63, 3.8) is 0 Å². The smallest absolute Gasteiger partial charge is 0.143 e. The first-order chi connectivity index (χ1) is 14.6. The van der Waals surface area contributed by atoms with Crippen LogP contribution in [0.25, 0.3) is 0 Å². The Labute approximate surface area is 180 Å². The predicted octanol–water partition coefficient (Wildman–Crippen LogP) is 6.20. The largest absolute Gasteiger partial charge is 0.393 e. The van der Waals surface area contributed by atoms with Crippen molar-refractivity contribution in [1.82, 2.24) is 0 Å². The zero-order chi connectivity index (χ0) is 21.4. The standard InChI is InChI=1S/C28H32O2/c1-4-14-24(22(2)23(3)29)21-30-28(25-15-8-5-9-16-25,26-17-10-6-11-18-26)27-19-12-7-13-20-27/h4-13,15-20,22-24,29H,1,14,21H2,2-3H3/t22-,23-,24-/m0/s1. The molecule has 0 amide bonds. The van der Waals surface area contributed by atoms with E-state index in [-0.39, 0.29) is 11.8 Å². The van der Waals surface area contributed by atoms with Gasteiger partial charge < -0.3 is 9.84 Å². The SMILES string of the molecule is C=CC[C@@H](COC(c1ccccc1)(c1ccccc1)c1ccccc1)[C@@H](C)[C@H](C)O. The number of ether oxygens (including phenoxy) is 1. The first-order valence-corrected chi connectivity index (χ1v) is 10.7. The highest BCUT2D eigenvalue weighted by atomic mass is 16.5. The average molecular weight is 401 g/mol. The Morgan fingerprint density at radius 2 is 1.20 bits per heavy atom. The molecule has 0 aliphatic heterocycles. The maximum atomic E-state index is 10.2. The van der Waals surface area contributed by atoms with Gasteiger partial charge in [0.1, 0.15) is 5.60 Å². The van der Waals surface area contributed by atoms with Gasteiger partial charge in [-0.05, 0) is 41.9 Å². The van der Waals surface area contributed by atoms with Crippen molar-refractivity contribution in [1.29, 1.82) is 0 Å². The van der Waals surface area contributed by atoms with Gasteiger partial charge in [0.05, 0.1) is 12.7 Å². The molecule has 2 heteroatoms. The van der Waals surface area contributed by atoms with Crippen LogP contribution in [0.2, 0.25) is 0 Å². The fourth-order valence-corrected chi connectivity index (χ4v) is 4.04. The topological polar surface area (TPSA) is 29.5 Å². The van der Waals surface area contributed by atoms with Crippen molar-refractivity contribution in [3.8, 4) is 0 Å². The normalized spacial score (nSPS) is 14.6. The predicted molar refractivity (Wildman–Crippen MR) is 124 cm³/mol. The molecule has 30 heavy (non-hydrogen) atoms. The molecular formula is C28H32O2. The summed E-state index contributed by atoms with van der Waals surface area (Å²) in [5.41, 5.74) is 2.53. The molecule has 3 atom stereocenters. The van der Waals surface area contributed by atoms with Crippen LogP contribution in [-0.2, 0) is 10.3 Å². The van der Waals surface area contributed by atoms with Gasteiger partial charge in [-0.2, -0.15) is 0 Å². The third-order valence-corrected chi connectivity index (χ3v) is 6.03. The molecule has 3 rings (SSSR count). The molecule has 3 aromatic rings. The molecule has 0 aromatic heterocycles. The lowest BCUT2D eigenvalue weighted by Gasteiger charge is -2.38.